The predicted octanol–water partition coefficient (Wildman–Crippen LogP) is 3.52. The van der Waals surface area contributed by atoms with E-state index in [1.54, 1.807) is 0 Å². The van der Waals surface area contributed by atoms with Crippen LogP contribution in [0.25, 0.3) is 0 Å². The van der Waals surface area contributed by atoms with Crippen LogP contribution in [0.2, 0.25) is 0 Å². The van der Waals surface area contributed by atoms with E-state index in [4.69, 9.17) is 10.5 Å². The van der Waals surface area contributed by atoms with Crippen LogP contribution in [0.3, 0.4) is 0 Å². The number of halogens is 3. The number of alkyl halides is 3. The van der Waals surface area contributed by atoms with Crippen molar-refractivity contribution in [3.05, 3.63) is 24.3 Å². The highest BCUT2D eigenvalue weighted by Crippen LogP contribution is 2.28. The standard InChI is InChI=1S/C16H22F3N3O2/c1-15(2)9-11(7-8-23-15)10-21-14(20)22-12-3-5-13(6-4-12)24-16(17,18)19/h3-6,11H,7-10H2,1-2H3,(H3,20,21,22). The van der Waals surface area contributed by atoms with E-state index in [1.165, 1.54) is 24.3 Å². The van der Waals surface area contributed by atoms with Gasteiger partial charge in [0.15, 0.2) is 5.96 Å². The summed E-state index contributed by atoms with van der Waals surface area (Å²) in [5.41, 5.74) is 6.22. The van der Waals surface area contributed by atoms with Crippen LogP contribution in [0.1, 0.15) is 26.7 Å². The highest BCUT2D eigenvalue weighted by atomic mass is 19.4. The molecule has 1 aliphatic rings. The van der Waals surface area contributed by atoms with Crippen molar-refractivity contribution in [3.8, 4) is 5.75 Å². The van der Waals surface area contributed by atoms with Crippen LogP contribution in [0.15, 0.2) is 29.3 Å². The van der Waals surface area contributed by atoms with Crippen molar-refractivity contribution in [1.82, 2.24) is 0 Å². The largest absolute Gasteiger partial charge is 0.573 e. The molecule has 0 spiro atoms. The summed E-state index contributed by atoms with van der Waals surface area (Å²) in [7, 11) is 0. The van der Waals surface area contributed by atoms with Crippen LogP contribution in [-0.2, 0) is 4.74 Å². The summed E-state index contributed by atoms with van der Waals surface area (Å²) in [6.45, 7) is 5.40. The van der Waals surface area contributed by atoms with Gasteiger partial charge in [0, 0.05) is 18.8 Å². The van der Waals surface area contributed by atoms with Gasteiger partial charge in [-0.25, -0.2) is 0 Å². The molecule has 1 aliphatic heterocycles. The normalized spacial score (nSPS) is 21.4. The number of rotatable bonds is 4. The molecule has 0 radical (unpaired) electrons. The zero-order valence-electron chi connectivity index (χ0n) is 13.7. The SMILES string of the molecule is CC1(C)CC(CN=C(N)Nc2ccc(OC(F)(F)F)cc2)CCO1. The van der Waals surface area contributed by atoms with E-state index in [-0.39, 0.29) is 17.3 Å². The molecule has 1 fully saturated rings. The lowest BCUT2D eigenvalue weighted by molar-refractivity contribution is -0.274. The Morgan fingerprint density at radius 2 is 2.04 bits per heavy atom. The molecule has 2 rings (SSSR count). The maximum Gasteiger partial charge on any atom is 0.573 e. The summed E-state index contributed by atoms with van der Waals surface area (Å²) in [5.74, 6) is 0.341. The average molecular weight is 345 g/mol. The van der Waals surface area contributed by atoms with Crippen molar-refractivity contribution in [1.29, 1.82) is 0 Å². The van der Waals surface area contributed by atoms with Gasteiger partial charge in [-0.05, 0) is 56.9 Å². The van der Waals surface area contributed by atoms with Crippen molar-refractivity contribution in [2.45, 2.75) is 38.7 Å². The number of benzene rings is 1. The van der Waals surface area contributed by atoms with Gasteiger partial charge in [0.2, 0.25) is 0 Å². The van der Waals surface area contributed by atoms with Crippen LogP contribution < -0.4 is 15.8 Å². The van der Waals surface area contributed by atoms with Crippen molar-refractivity contribution >= 4 is 11.6 Å². The summed E-state index contributed by atoms with van der Waals surface area (Å²) >= 11 is 0. The van der Waals surface area contributed by atoms with Crippen molar-refractivity contribution in [2.75, 3.05) is 18.5 Å². The number of anilines is 1. The maximum atomic E-state index is 12.1. The molecule has 3 N–H and O–H groups in total. The lowest BCUT2D eigenvalue weighted by Crippen LogP contribution is -2.35. The molecule has 0 aromatic heterocycles. The first-order valence-corrected chi connectivity index (χ1v) is 7.70. The van der Waals surface area contributed by atoms with Gasteiger partial charge in [-0.1, -0.05) is 0 Å². The maximum absolute atomic E-state index is 12.1. The molecular formula is C16H22F3N3O2. The third-order valence-corrected chi connectivity index (χ3v) is 3.68. The Hall–Kier alpha value is -1.96. The zero-order valence-corrected chi connectivity index (χ0v) is 13.7. The average Bonchev–Trinajstić information content (AvgIpc) is 2.45. The molecule has 1 unspecified atom stereocenters. The van der Waals surface area contributed by atoms with Crippen LogP contribution in [0.5, 0.6) is 5.75 Å². The van der Waals surface area contributed by atoms with E-state index in [0.29, 0.717) is 24.8 Å². The molecule has 24 heavy (non-hydrogen) atoms. The minimum absolute atomic E-state index is 0.144. The summed E-state index contributed by atoms with van der Waals surface area (Å²) < 4.78 is 45.8. The first kappa shape index (κ1) is 18.4. The second kappa shape index (κ2) is 7.29. The molecule has 1 atom stereocenters. The van der Waals surface area contributed by atoms with E-state index >= 15 is 0 Å². The molecule has 0 bridgehead atoms. The Morgan fingerprint density at radius 1 is 1.38 bits per heavy atom. The summed E-state index contributed by atoms with van der Waals surface area (Å²) in [6.07, 6.45) is -2.86. The van der Waals surface area contributed by atoms with Gasteiger partial charge in [-0.3, -0.25) is 4.99 Å². The van der Waals surface area contributed by atoms with Crippen LogP contribution in [0.4, 0.5) is 18.9 Å². The van der Waals surface area contributed by atoms with E-state index in [0.717, 1.165) is 12.8 Å². The Labute approximate surface area is 139 Å². The Bertz CT molecular complexity index is 571. The van der Waals surface area contributed by atoms with Crippen LogP contribution in [-0.4, -0.2) is 31.1 Å². The molecule has 0 aliphatic carbocycles. The minimum atomic E-state index is -4.70. The Kier molecular flexibility index (Phi) is 5.58. The number of nitrogens with two attached hydrogens (primary N) is 1. The number of hydrogen-bond acceptors (Lipinski definition) is 3. The highest BCUT2D eigenvalue weighted by molar-refractivity contribution is 5.92. The topological polar surface area (TPSA) is 68.9 Å². The number of ether oxygens (including phenoxy) is 2. The number of guanidine groups is 1. The van der Waals surface area contributed by atoms with E-state index in [2.05, 4.69) is 28.9 Å². The third kappa shape index (κ3) is 6.27. The van der Waals surface area contributed by atoms with Crippen molar-refractivity contribution < 1.29 is 22.6 Å². The second-order valence-electron chi connectivity index (χ2n) is 6.39. The molecule has 5 nitrogen and oxygen atoms in total. The van der Waals surface area contributed by atoms with E-state index in [1.807, 2.05) is 0 Å². The van der Waals surface area contributed by atoms with Gasteiger partial charge in [0.1, 0.15) is 5.75 Å². The molecule has 1 aromatic carbocycles. The second-order valence-corrected chi connectivity index (χ2v) is 6.39. The summed E-state index contributed by atoms with van der Waals surface area (Å²) in [4.78, 5) is 4.31. The Morgan fingerprint density at radius 3 is 2.62 bits per heavy atom. The highest BCUT2D eigenvalue weighted by Gasteiger charge is 2.31. The number of nitrogens with one attached hydrogen (secondary N) is 1. The lowest BCUT2D eigenvalue weighted by atomic mass is 9.88. The molecular weight excluding hydrogens is 323 g/mol. The lowest BCUT2D eigenvalue weighted by Gasteiger charge is -2.34. The van der Waals surface area contributed by atoms with E-state index < -0.39 is 6.36 Å². The minimum Gasteiger partial charge on any atom is -0.406 e. The quantitative estimate of drug-likeness (QED) is 0.647. The summed E-state index contributed by atoms with van der Waals surface area (Å²) in [6, 6.07) is 5.32. The molecule has 1 saturated heterocycles. The number of hydrogen-bond donors (Lipinski definition) is 2. The van der Waals surface area contributed by atoms with Gasteiger partial charge in [-0.15, -0.1) is 13.2 Å². The van der Waals surface area contributed by atoms with Gasteiger partial charge >= 0.3 is 6.36 Å². The molecule has 0 saturated carbocycles. The van der Waals surface area contributed by atoms with Crippen LogP contribution >= 0.6 is 0 Å². The third-order valence-electron chi connectivity index (χ3n) is 3.68. The molecule has 0 amide bonds. The van der Waals surface area contributed by atoms with Crippen molar-refractivity contribution in [3.63, 3.8) is 0 Å². The van der Waals surface area contributed by atoms with Crippen molar-refractivity contribution in [2.24, 2.45) is 16.6 Å². The summed E-state index contributed by atoms with van der Waals surface area (Å²) in [5, 5.41) is 2.85. The van der Waals surface area contributed by atoms with Gasteiger partial charge in [-0.2, -0.15) is 0 Å². The predicted molar refractivity (Wildman–Crippen MR) is 86.0 cm³/mol. The fourth-order valence-electron chi connectivity index (χ4n) is 2.67. The first-order chi connectivity index (χ1) is 11.1. The number of aliphatic imine (C=N–C) groups is 1. The number of nitrogens with zero attached hydrogens (tertiary/aromatic N) is 1. The fraction of sp³-hybridized carbons (Fsp3) is 0.562. The Balaban J connectivity index is 1.86. The van der Waals surface area contributed by atoms with Gasteiger partial charge < -0.3 is 20.5 Å². The molecule has 134 valence electrons. The van der Waals surface area contributed by atoms with Gasteiger partial charge in [0.25, 0.3) is 0 Å². The fourth-order valence-corrected chi connectivity index (χ4v) is 2.67. The van der Waals surface area contributed by atoms with Crippen LogP contribution in [0, 0.1) is 5.92 Å². The van der Waals surface area contributed by atoms with E-state index in [9.17, 15) is 13.2 Å². The molecule has 8 heteroatoms. The molecule has 1 aromatic rings. The first-order valence-electron chi connectivity index (χ1n) is 7.70. The molecule has 1 heterocycles. The monoisotopic (exact) mass is 345 g/mol. The van der Waals surface area contributed by atoms with Gasteiger partial charge in [0.05, 0.1) is 5.60 Å². The zero-order chi connectivity index (χ0) is 17.8. The smallest absolute Gasteiger partial charge is 0.406 e.